The molecule has 1 saturated heterocycles. The first-order valence-electron chi connectivity index (χ1n) is 10.6. The summed E-state index contributed by atoms with van der Waals surface area (Å²) in [6.07, 6.45) is -0.796. The van der Waals surface area contributed by atoms with Crippen molar-refractivity contribution < 1.29 is 19.1 Å². The standard InChI is InChI=1S/C22H33N5O4/c1-5-23-22(24-14-20(28)19-13-18(29-3)6-7-21(19)30-4)27-10-8-26(9-11-27)15-17-12-16(2)31-25-17/h6-7,12-13,20,28H,5,8-11,14-15H2,1-4H3,(H,23,24). The maximum atomic E-state index is 10.8. The van der Waals surface area contributed by atoms with E-state index in [1.165, 1.54) is 0 Å². The molecule has 2 heterocycles. The van der Waals surface area contributed by atoms with Gasteiger partial charge in [-0.2, -0.15) is 0 Å². The van der Waals surface area contributed by atoms with E-state index in [1.807, 2.05) is 26.0 Å². The maximum absolute atomic E-state index is 10.8. The lowest BCUT2D eigenvalue weighted by Crippen LogP contribution is -2.52. The molecular formula is C22H33N5O4. The second-order valence-electron chi connectivity index (χ2n) is 7.51. The average Bonchev–Trinajstić information content (AvgIpc) is 3.21. The predicted octanol–water partition coefficient (Wildman–Crippen LogP) is 1.82. The number of aliphatic hydroxyl groups excluding tert-OH is 1. The molecule has 1 atom stereocenters. The molecule has 1 aromatic carbocycles. The highest BCUT2D eigenvalue weighted by molar-refractivity contribution is 5.80. The van der Waals surface area contributed by atoms with Crippen molar-refractivity contribution in [3.8, 4) is 11.5 Å². The third-order valence-corrected chi connectivity index (χ3v) is 5.28. The van der Waals surface area contributed by atoms with Crippen molar-refractivity contribution in [3.05, 3.63) is 41.3 Å². The molecular weight excluding hydrogens is 398 g/mol. The number of nitrogens with zero attached hydrogens (tertiary/aromatic N) is 4. The maximum Gasteiger partial charge on any atom is 0.194 e. The SMILES string of the molecule is CCNC(=NCC(O)c1cc(OC)ccc1OC)N1CCN(Cc2cc(C)on2)CC1. The zero-order valence-corrected chi connectivity index (χ0v) is 18.8. The Kier molecular flexibility index (Phi) is 8.13. The van der Waals surface area contributed by atoms with Crippen LogP contribution in [0.3, 0.4) is 0 Å². The average molecular weight is 432 g/mol. The lowest BCUT2D eigenvalue weighted by Gasteiger charge is -2.36. The van der Waals surface area contributed by atoms with Gasteiger partial charge in [-0.05, 0) is 32.0 Å². The number of rotatable bonds is 8. The summed E-state index contributed by atoms with van der Waals surface area (Å²) in [5, 5.41) is 18.2. The van der Waals surface area contributed by atoms with Gasteiger partial charge >= 0.3 is 0 Å². The van der Waals surface area contributed by atoms with Crippen LogP contribution in [0.15, 0.2) is 33.8 Å². The van der Waals surface area contributed by atoms with Gasteiger partial charge in [0.1, 0.15) is 23.4 Å². The van der Waals surface area contributed by atoms with Gasteiger partial charge in [-0.3, -0.25) is 9.89 Å². The van der Waals surface area contributed by atoms with Crippen LogP contribution in [0, 0.1) is 6.92 Å². The molecule has 2 aromatic rings. The summed E-state index contributed by atoms with van der Waals surface area (Å²) in [5.41, 5.74) is 1.62. The molecule has 0 bridgehead atoms. The molecule has 31 heavy (non-hydrogen) atoms. The number of hydrogen-bond donors (Lipinski definition) is 2. The predicted molar refractivity (Wildman–Crippen MR) is 119 cm³/mol. The Morgan fingerprint density at radius 3 is 2.61 bits per heavy atom. The van der Waals surface area contributed by atoms with Crippen LogP contribution >= 0.6 is 0 Å². The van der Waals surface area contributed by atoms with Gasteiger partial charge in [0.2, 0.25) is 0 Å². The number of ether oxygens (including phenoxy) is 2. The third-order valence-electron chi connectivity index (χ3n) is 5.28. The molecule has 1 aliphatic heterocycles. The second kappa shape index (κ2) is 11.0. The van der Waals surface area contributed by atoms with Gasteiger partial charge in [0, 0.05) is 50.9 Å². The van der Waals surface area contributed by atoms with Gasteiger partial charge in [0.15, 0.2) is 5.96 Å². The number of nitrogens with one attached hydrogen (secondary N) is 1. The minimum absolute atomic E-state index is 0.226. The van der Waals surface area contributed by atoms with Gasteiger partial charge in [-0.1, -0.05) is 5.16 Å². The zero-order chi connectivity index (χ0) is 22.2. The number of aliphatic imine (C=N–C) groups is 1. The van der Waals surface area contributed by atoms with E-state index in [2.05, 4.69) is 20.3 Å². The number of hydrogen-bond acceptors (Lipinski definition) is 7. The van der Waals surface area contributed by atoms with Crippen LogP contribution in [0.2, 0.25) is 0 Å². The number of aryl methyl sites for hydroxylation is 1. The molecule has 2 N–H and O–H groups in total. The van der Waals surface area contributed by atoms with Crippen molar-refractivity contribution in [1.29, 1.82) is 0 Å². The van der Waals surface area contributed by atoms with Crippen LogP contribution in [0.25, 0.3) is 0 Å². The van der Waals surface area contributed by atoms with Crippen LogP contribution in [-0.4, -0.2) is 79.5 Å². The minimum Gasteiger partial charge on any atom is -0.497 e. The molecule has 1 unspecified atom stereocenters. The van der Waals surface area contributed by atoms with E-state index in [1.54, 1.807) is 26.4 Å². The van der Waals surface area contributed by atoms with Gasteiger partial charge < -0.3 is 29.3 Å². The quantitative estimate of drug-likeness (QED) is 0.483. The Morgan fingerprint density at radius 1 is 1.23 bits per heavy atom. The minimum atomic E-state index is -0.796. The number of methoxy groups -OCH3 is 2. The highest BCUT2D eigenvalue weighted by atomic mass is 16.5. The summed E-state index contributed by atoms with van der Waals surface area (Å²) >= 11 is 0. The van der Waals surface area contributed by atoms with Crippen LogP contribution < -0.4 is 14.8 Å². The first kappa shape index (κ1) is 22.9. The molecule has 0 amide bonds. The number of piperazine rings is 1. The van der Waals surface area contributed by atoms with Crippen molar-refractivity contribution >= 4 is 5.96 Å². The first-order chi connectivity index (χ1) is 15.0. The fraction of sp³-hybridized carbons (Fsp3) is 0.545. The number of aromatic nitrogens is 1. The summed E-state index contributed by atoms with van der Waals surface area (Å²) in [6.45, 7) is 9.23. The van der Waals surface area contributed by atoms with Crippen molar-refractivity contribution in [2.24, 2.45) is 4.99 Å². The van der Waals surface area contributed by atoms with Gasteiger partial charge in [-0.25, -0.2) is 0 Å². The number of benzene rings is 1. The fourth-order valence-corrected chi connectivity index (χ4v) is 3.64. The van der Waals surface area contributed by atoms with Crippen molar-refractivity contribution in [1.82, 2.24) is 20.3 Å². The van der Waals surface area contributed by atoms with Gasteiger partial charge in [-0.15, -0.1) is 0 Å². The summed E-state index contributed by atoms with van der Waals surface area (Å²) in [7, 11) is 3.19. The Labute approximate surface area is 183 Å². The molecule has 1 fully saturated rings. The highest BCUT2D eigenvalue weighted by Crippen LogP contribution is 2.29. The van der Waals surface area contributed by atoms with E-state index in [9.17, 15) is 5.11 Å². The van der Waals surface area contributed by atoms with Gasteiger partial charge in [0.05, 0.1) is 26.5 Å². The van der Waals surface area contributed by atoms with E-state index in [-0.39, 0.29) is 6.54 Å². The first-order valence-corrected chi connectivity index (χ1v) is 10.6. The molecule has 9 nitrogen and oxygen atoms in total. The van der Waals surface area contributed by atoms with Gasteiger partial charge in [0.25, 0.3) is 0 Å². The number of aliphatic hydroxyl groups is 1. The Hall–Kier alpha value is -2.78. The highest BCUT2D eigenvalue weighted by Gasteiger charge is 2.21. The normalized spacial score (nSPS) is 16.3. The molecule has 0 aliphatic carbocycles. The lowest BCUT2D eigenvalue weighted by atomic mass is 10.1. The van der Waals surface area contributed by atoms with Crippen molar-refractivity contribution in [2.45, 2.75) is 26.5 Å². The molecule has 1 aliphatic rings. The molecule has 0 spiro atoms. The molecule has 9 heteroatoms. The second-order valence-corrected chi connectivity index (χ2v) is 7.51. The summed E-state index contributed by atoms with van der Waals surface area (Å²) < 4.78 is 15.8. The van der Waals surface area contributed by atoms with E-state index < -0.39 is 6.10 Å². The Morgan fingerprint density at radius 2 is 2.00 bits per heavy atom. The molecule has 3 rings (SSSR count). The number of guanidine groups is 1. The fourth-order valence-electron chi connectivity index (χ4n) is 3.64. The van der Waals surface area contributed by atoms with E-state index in [0.29, 0.717) is 17.1 Å². The van der Waals surface area contributed by atoms with Crippen molar-refractivity contribution in [3.63, 3.8) is 0 Å². The van der Waals surface area contributed by atoms with E-state index in [0.717, 1.165) is 56.7 Å². The molecule has 0 saturated carbocycles. The summed E-state index contributed by atoms with van der Waals surface area (Å²) in [4.78, 5) is 9.28. The van der Waals surface area contributed by atoms with Crippen LogP contribution in [0.4, 0.5) is 0 Å². The Balaban J connectivity index is 1.61. The smallest absolute Gasteiger partial charge is 0.194 e. The molecule has 0 radical (unpaired) electrons. The van der Waals surface area contributed by atoms with Crippen LogP contribution in [0.1, 0.15) is 30.0 Å². The monoisotopic (exact) mass is 431 g/mol. The summed E-state index contributed by atoms with van der Waals surface area (Å²) in [5.74, 6) is 2.93. The van der Waals surface area contributed by atoms with E-state index in [4.69, 9.17) is 19.0 Å². The topological polar surface area (TPSA) is 95.6 Å². The Bertz CT molecular complexity index is 861. The summed E-state index contributed by atoms with van der Waals surface area (Å²) in [6, 6.07) is 7.37. The largest absolute Gasteiger partial charge is 0.497 e. The van der Waals surface area contributed by atoms with Crippen molar-refractivity contribution in [2.75, 3.05) is 53.5 Å². The van der Waals surface area contributed by atoms with Crippen LogP contribution in [-0.2, 0) is 6.54 Å². The lowest BCUT2D eigenvalue weighted by molar-refractivity contribution is 0.165. The van der Waals surface area contributed by atoms with Crippen LogP contribution in [0.5, 0.6) is 11.5 Å². The zero-order valence-electron chi connectivity index (χ0n) is 18.8. The molecule has 1 aromatic heterocycles. The van der Waals surface area contributed by atoms with E-state index >= 15 is 0 Å². The molecule has 170 valence electrons. The third kappa shape index (κ3) is 6.11.